The molecular formula is C68H66F6N32Ni2O4S2. The molecule has 10 rings (SSSR count). The van der Waals surface area contributed by atoms with Crippen molar-refractivity contribution in [1.29, 1.82) is 21.0 Å². The number of rotatable bonds is 22. The van der Waals surface area contributed by atoms with E-state index in [2.05, 4.69) is 124 Å². The van der Waals surface area contributed by atoms with Crippen LogP contribution < -0.4 is 19.6 Å². The molecule has 0 bridgehead atoms. The van der Waals surface area contributed by atoms with E-state index in [1.54, 1.807) is 39.2 Å². The van der Waals surface area contributed by atoms with Crippen molar-refractivity contribution in [2.45, 2.75) is 64.4 Å². The molecule has 2 fully saturated rings. The molecular weight excluding hydrogens is 1620 g/mol. The van der Waals surface area contributed by atoms with Crippen molar-refractivity contribution in [3.63, 3.8) is 0 Å². The van der Waals surface area contributed by atoms with E-state index in [0.717, 1.165) is 62.1 Å². The summed E-state index contributed by atoms with van der Waals surface area (Å²) in [5.74, 6) is -0.502. The molecule has 36 nitrogen and oxygen atoms in total. The third-order valence-electron chi connectivity index (χ3n) is 16.6. The largest absolute Gasteiger partial charge is 2.00 e. The Labute approximate surface area is 672 Å². The van der Waals surface area contributed by atoms with Gasteiger partial charge in [0.2, 0.25) is 0 Å². The van der Waals surface area contributed by atoms with Gasteiger partial charge in [-0.3, -0.25) is 0 Å². The van der Waals surface area contributed by atoms with Gasteiger partial charge >= 0.3 is 55.9 Å². The van der Waals surface area contributed by atoms with Gasteiger partial charge in [-0.25, -0.2) is 26.0 Å². The summed E-state index contributed by atoms with van der Waals surface area (Å²) in [4.78, 5) is 36.5. The minimum absolute atomic E-state index is 0. The monoisotopic (exact) mass is 1690 g/mol. The predicted molar refractivity (Wildman–Crippen MR) is 403 cm³/mol. The molecule has 2 aliphatic rings. The van der Waals surface area contributed by atoms with Crippen LogP contribution in [0.2, 0.25) is 0 Å². The van der Waals surface area contributed by atoms with Gasteiger partial charge in [-0.05, 0) is 102 Å². The predicted octanol–water partition coefficient (Wildman–Crippen LogP) is 18.9. The van der Waals surface area contributed by atoms with Crippen molar-refractivity contribution in [3.05, 3.63) is 161 Å². The summed E-state index contributed by atoms with van der Waals surface area (Å²) in [6.07, 6.45) is 4.23. The van der Waals surface area contributed by atoms with Crippen LogP contribution in [0.1, 0.15) is 76.2 Å². The fourth-order valence-corrected chi connectivity index (χ4v) is 11.7. The summed E-state index contributed by atoms with van der Waals surface area (Å²) in [6.45, 7) is 42.4. The zero-order chi connectivity index (χ0) is 82.4. The smallest absolute Gasteiger partial charge is 0.685 e. The molecule has 2 saturated heterocycles. The summed E-state index contributed by atoms with van der Waals surface area (Å²) >= 11 is 0. The number of hydrogen-bond acceptors (Lipinski definition) is 24. The maximum Gasteiger partial charge on any atom is 2.00 e. The topological polar surface area (TPSA) is 420 Å². The standard InChI is InChI=1S/C17H14F3N8O2S.C17H16F3N8O2S.C17H17N8.C17H19N8.2Ni/c1-21-14-15(22-2)27(3)16(23-14)25-24-12-7-6-11(28-8-4-5-9-28)10-13(12)26-31(29,30)17(18,19)20;1-6-28(7-2)11-8-9-12(13(10-11)26-31(29,30)17(18,19)20)24-25-16-23-14(21-3)15(22-4)27(16)5;1-20-14-9-12(25-7-3-4-8-25)5-6-13(14)22-23-17-21-15(10-18)16(11-19)24(17)2;1-5-25(6-2)12-7-8-13(14(9-12)20-3)22-23-17-21-15(10-18)16(11-19)24(17)4;;/h6-7,10H,4-5,8-9H2,3H3;8-10H,6-7H2,1-2,5H3;5-6,9H,3-4,7-8H2,1-2H3;7-9H,5-6H2,1-4H3;;/q4*-1;2*+2. The van der Waals surface area contributed by atoms with Crippen LogP contribution >= 0.6 is 0 Å². The Hall–Kier alpha value is -13.1. The maximum absolute atomic E-state index is 12.9. The van der Waals surface area contributed by atoms with Crippen LogP contribution in [-0.2, 0) is 81.2 Å². The van der Waals surface area contributed by atoms with Gasteiger partial charge < -0.3 is 68.2 Å². The molecule has 6 heterocycles. The number of aromatic nitrogens is 8. The Morgan fingerprint density at radius 1 is 0.447 bits per heavy atom. The van der Waals surface area contributed by atoms with Crippen LogP contribution in [0.5, 0.6) is 0 Å². The Morgan fingerprint density at radius 2 is 0.746 bits per heavy atom. The number of hydrogen-bond donors (Lipinski definition) is 0. The second-order valence-corrected chi connectivity index (χ2v) is 26.4. The summed E-state index contributed by atoms with van der Waals surface area (Å²) in [6, 6.07) is 27.4. The molecule has 4 aromatic heterocycles. The first kappa shape index (κ1) is 91.5. The van der Waals surface area contributed by atoms with E-state index in [-0.39, 0.29) is 114 Å². The van der Waals surface area contributed by atoms with E-state index >= 15 is 0 Å². The second-order valence-electron chi connectivity index (χ2n) is 23.2. The van der Waals surface area contributed by atoms with Gasteiger partial charge in [-0.2, -0.15) is 57.4 Å². The number of alkyl halides is 6. The number of halogens is 6. The fraction of sp³-hybridized carbons (Fsp3) is 0.353. The van der Waals surface area contributed by atoms with Crippen LogP contribution in [0.4, 0.5) is 142 Å². The third-order valence-corrected chi connectivity index (χ3v) is 18.6. The molecule has 0 spiro atoms. The Balaban J connectivity index is 0.000000271. The van der Waals surface area contributed by atoms with Crippen molar-refractivity contribution in [2.75, 3.05) is 86.1 Å². The summed E-state index contributed by atoms with van der Waals surface area (Å²) in [5, 5.41) is 76.4. The first-order valence-electron chi connectivity index (χ1n) is 33.2. The van der Waals surface area contributed by atoms with E-state index < -0.39 is 42.4 Å². The number of azo groups is 4. The zero-order valence-corrected chi connectivity index (χ0v) is 65.7. The number of imidazole rings is 4. The van der Waals surface area contributed by atoms with Crippen LogP contribution in [0.25, 0.3) is 39.5 Å². The van der Waals surface area contributed by atoms with Gasteiger partial charge in [0.25, 0.3) is 35.2 Å². The summed E-state index contributed by atoms with van der Waals surface area (Å²) in [7, 11) is -2.15. The molecule has 8 aromatic rings. The summed E-state index contributed by atoms with van der Waals surface area (Å²) < 4.78 is 135. The number of anilines is 4. The number of nitrogens with zero attached hydrogens (tertiary/aromatic N) is 32. The van der Waals surface area contributed by atoms with Crippen molar-refractivity contribution >= 4 is 135 Å². The Kier molecular flexibility index (Phi) is 32.7. The molecule has 0 N–H and O–H groups in total. The van der Waals surface area contributed by atoms with Crippen LogP contribution in [0.15, 0.2) is 114 Å². The average Bonchev–Trinajstić information content (AvgIpc) is 0.965. The van der Waals surface area contributed by atoms with Crippen LogP contribution in [0.3, 0.4) is 0 Å². The molecule has 0 amide bonds. The second kappa shape index (κ2) is 40.7. The zero-order valence-electron chi connectivity index (χ0n) is 62.1. The Morgan fingerprint density at radius 3 is 1.03 bits per heavy atom. The van der Waals surface area contributed by atoms with Crippen molar-refractivity contribution in [2.24, 2.45) is 69.1 Å². The molecule has 114 heavy (non-hydrogen) atoms. The summed E-state index contributed by atoms with van der Waals surface area (Å²) in [5.41, 5.74) is -6.52. The normalized spacial score (nSPS) is 12.5. The van der Waals surface area contributed by atoms with Gasteiger partial charge in [0, 0.05) is 89.2 Å². The Bertz CT molecular complexity index is 5210. The van der Waals surface area contributed by atoms with Gasteiger partial charge in [-0.1, -0.05) is 82.1 Å². The molecule has 4 aromatic carbocycles. The van der Waals surface area contributed by atoms with Gasteiger partial charge in [0.05, 0.1) is 36.8 Å². The first-order valence-corrected chi connectivity index (χ1v) is 36.1. The van der Waals surface area contributed by atoms with Gasteiger partial charge in [0.1, 0.15) is 24.3 Å². The van der Waals surface area contributed by atoms with E-state index in [4.69, 9.17) is 47.3 Å². The minimum Gasteiger partial charge on any atom is -0.685 e. The molecule has 46 heteroatoms. The third kappa shape index (κ3) is 21.7. The molecule has 2 aliphatic heterocycles. The quantitative estimate of drug-likeness (QED) is 0.0263. The van der Waals surface area contributed by atoms with Crippen molar-refractivity contribution < 1.29 is 76.2 Å². The molecule has 0 unspecified atom stereocenters. The minimum atomic E-state index is -5.83. The van der Waals surface area contributed by atoms with E-state index in [9.17, 15) is 43.2 Å². The molecule has 0 aliphatic carbocycles. The SMILES string of the molecule is CCN(CC)c1ccc(N=Nc2nc(C#N)c(C#N)n2C)c([N-]C)c1.C[N-]c1cc(N2CCCC2)ccc1N=Nc1nc(C#N)c(C#N)n1C.[C-]#[N+]c1nc(N=Nc2ccc(N(CC)CC)cc2[N-]S(=O)(=O)C(F)(F)F)n(C)c1[N+]#[C-].[C-]#[N+]c1nc(N=Nc2ccc(N3CCCC3)cc2[N-]S(=O)(=O)C(F)(F)F)n(C)c1[N+]#[C-].[Ni+2].[Ni+2]. The van der Waals surface area contributed by atoms with Gasteiger partial charge in [-0.15, -0.1) is 56.2 Å². The number of nitriles is 4. The van der Waals surface area contributed by atoms with E-state index in [0.29, 0.717) is 54.6 Å². The van der Waals surface area contributed by atoms with Crippen molar-refractivity contribution in [3.8, 4) is 24.3 Å². The molecule has 596 valence electrons. The molecule has 0 saturated carbocycles. The number of sulfonamides is 2. The average molecular weight is 1690 g/mol. The number of benzene rings is 4. The van der Waals surface area contributed by atoms with E-state index in [1.165, 1.54) is 69.5 Å². The molecule has 0 radical (unpaired) electrons. The fourth-order valence-electron chi connectivity index (χ4n) is 10.6. The van der Waals surface area contributed by atoms with Crippen LogP contribution in [-0.4, -0.2) is 133 Å². The van der Waals surface area contributed by atoms with Crippen molar-refractivity contribution in [1.82, 2.24) is 38.2 Å². The van der Waals surface area contributed by atoms with E-state index in [1.807, 2.05) is 79.4 Å². The van der Waals surface area contributed by atoms with Gasteiger partial charge in [0.15, 0.2) is 42.8 Å². The molecule has 0 atom stereocenters. The van der Waals surface area contributed by atoms with Crippen LogP contribution in [0, 0.1) is 71.6 Å². The maximum atomic E-state index is 12.9. The first-order chi connectivity index (χ1) is 53.3.